The lowest BCUT2D eigenvalue weighted by molar-refractivity contribution is 0.119. The van der Waals surface area contributed by atoms with Crippen molar-refractivity contribution in [1.82, 2.24) is 9.80 Å². The summed E-state index contributed by atoms with van der Waals surface area (Å²) in [6.07, 6.45) is 50.9. The van der Waals surface area contributed by atoms with Gasteiger partial charge in [0, 0.05) is 28.8 Å². The molecule has 0 aromatic rings. The molecule has 0 aliphatic heterocycles. The van der Waals surface area contributed by atoms with Gasteiger partial charge >= 0.3 is 0 Å². The molecule has 0 saturated heterocycles. The molecule has 1 saturated carbocycles. The normalized spacial score (nSPS) is 32.2. The highest BCUT2D eigenvalue weighted by molar-refractivity contribution is 5.36. The first-order chi connectivity index (χ1) is 23.4. The molecule has 258 valence electrons. The van der Waals surface area contributed by atoms with Gasteiger partial charge in [0.2, 0.25) is 0 Å². The van der Waals surface area contributed by atoms with Gasteiger partial charge in [-0.1, -0.05) is 105 Å². The van der Waals surface area contributed by atoms with Crippen molar-refractivity contribution in [3.8, 4) is 0 Å². The van der Waals surface area contributed by atoms with Crippen LogP contribution < -0.4 is 0 Å². The Morgan fingerprint density at radius 1 is 0.625 bits per heavy atom. The Hall–Kier alpha value is -2.74. The summed E-state index contributed by atoms with van der Waals surface area (Å²) < 4.78 is 0. The van der Waals surface area contributed by atoms with E-state index < -0.39 is 0 Å². The molecule has 0 amide bonds. The van der Waals surface area contributed by atoms with Crippen LogP contribution in [-0.2, 0) is 0 Å². The fourth-order valence-corrected chi connectivity index (χ4v) is 10.3. The van der Waals surface area contributed by atoms with Crippen LogP contribution in [0.1, 0.15) is 143 Å². The lowest BCUT2D eigenvalue weighted by Gasteiger charge is -2.49. The zero-order valence-corrected chi connectivity index (χ0v) is 30.9. The summed E-state index contributed by atoms with van der Waals surface area (Å²) >= 11 is 0. The fraction of sp³-hybridized carbons (Fsp3) is 0.609. The zero-order chi connectivity index (χ0) is 33.1. The van der Waals surface area contributed by atoms with Crippen LogP contribution in [0.25, 0.3) is 0 Å². The Balaban J connectivity index is 1.14. The Morgan fingerprint density at radius 3 is 2.04 bits per heavy atom. The molecule has 7 aliphatic carbocycles. The number of nitrogens with zero attached hydrogens (tertiary/aromatic N) is 2. The highest BCUT2D eigenvalue weighted by Crippen LogP contribution is 2.55. The summed E-state index contributed by atoms with van der Waals surface area (Å²) in [5, 5.41) is 0. The second-order valence-corrected chi connectivity index (χ2v) is 16.8. The summed E-state index contributed by atoms with van der Waals surface area (Å²) in [6, 6.07) is 1.07. The van der Waals surface area contributed by atoms with Gasteiger partial charge in [-0.2, -0.15) is 0 Å². The van der Waals surface area contributed by atoms with Gasteiger partial charge < -0.3 is 9.80 Å². The maximum Gasteiger partial charge on any atom is 0.0553 e. The van der Waals surface area contributed by atoms with E-state index in [0.29, 0.717) is 23.4 Å². The van der Waals surface area contributed by atoms with Gasteiger partial charge in [-0.15, -0.1) is 0 Å². The van der Waals surface area contributed by atoms with Crippen molar-refractivity contribution >= 4 is 0 Å². The minimum absolute atomic E-state index is 0.395. The van der Waals surface area contributed by atoms with Crippen molar-refractivity contribution < 1.29 is 0 Å². The van der Waals surface area contributed by atoms with E-state index in [4.69, 9.17) is 0 Å². The molecule has 0 heterocycles. The molecule has 2 nitrogen and oxygen atoms in total. The van der Waals surface area contributed by atoms with Crippen molar-refractivity contribution in [2.45, 2.75) is 155 Å². The minimum Gasteiger partial charge on any atom is -0.342 e. The Kier molecular flexibility index (Phi) is 10.6. The van der Waals surface area contributed by atoms with E-state index in [0.717, 1.165) is 18.3 Å². The molecule has 48 heavy (non-hydrogen) atoms. The van der Waals surface area contributed by atoms with E-state index >= 15 is 0 Å². The molecular weight excluding hydrogens is 581 g/mol. The topological polar surface area (TPSA) is 6.48 Å². The maximum absolute atomic E-state index is 2.80. The van der Waals surface area contributed by atoms with Crippen LogP contribution in [-0.4, -0.2) is 21.9 Å². The lowest BCUT2D eigenvalue weighted by atomic mass is 9.57. The Bertz CT molecular complexity index is 1460. The third-order valence-electron chi connectivity index (χ3n) is 13.4. The quantitative estimate of drug-likeness (QED) is 0.243. The van der Waals surface area contributed by atoms with E-state index in [2.05, 4.69) is 104 Å². The van der Waals surface area contributed by atoms with E-state index in [1.54, 1.807) is 28.2 Å². The number of rotatable bonds is 8. The van der Waals surface area contributed by atoms with Crippen molar-refractivity contribution in [2.75, 3.05) is 0 Å². The molecule has 0 aromatic heterocycles. The average molecular weight is 645 g/mol. The summed E-state index contributed by atoms with van der Waals surface area (Å²) in [5.41, 5.74) is 11.4. The van der Waals surface area contributed by atoms with Crippen LogP contribution in [0.5, 0.6) is 0 Å². The average Bonchev–Trinajstić information content (AvgIpc) is 3.13. The van der Waals surface area contributed by atoms with Gasteiger partial charge in [-0.3, -0.25) is 0 Å². The van der Waals surface area contributed by atoms with Gasteiger partial charge in [0.05, 0.1) is 6.04 Å². The van der Waals surface area contributed by atoms with Crippen LogP contribution in [0.4, 0.5) is 0 Å². The molecule has 0 N–H and O–H groups in total. The van der Waals surface area contributed by atoms with Crippen molar-refractivity contribution in [3.63, 3.8) is 0 Å². The van der Waals surface area contributed by atoms with Gasteiger partial charge in [0.25, 0.3) is 0 Å². The van der Waals surface area contributed by atoms with E-state index in [-0.39, 0.29) is 0 Å². The largest absolute Gasteiger partial charge is 0.342 e. The second-order valence-electron chi connectivity index (χ2n) is 16.8. The van der Waals surface area contributed by atoms with E-state index in [9.17, 15) is 0 Å². The molecule has 7 aliphatic rings. The summed E-state index contributed by atoms with van der Waals surface area (Å²) in [5.74, 6) is 2.26. The minimum atomic E-state index is 0.395. The standard InChI is InChI=1S/C46H64N2/c1-34-8-20-40(21-9-34)47(41-22-10-35(2)11-23-41)44-28-16-38(17-29-44)46(32-6-5-7-33-46)39-18-30-45(31-19-39)48(42-24-12-36(3)13-25-42)43-26-14-37(4)15-27-43/h8-9,12,14,18,20,22,24-25,28,30,35-36,38,40,43H,5-7,10-11,13,15-17,19,21,23,26-27,29,31-33H2,1-4H3/t35-,36+,38+,40-,43+/m0/s1. The van der Waals surface area contributed by atoms with Gasteiger partial charge in [0.15, 0.2) is 0 Å². The molecular formula is C46H64N2. The van der Waals surface area contributed by atoms with Crippen molar-refractivity contribution in [1.29, 1.82) is 0 Å². The molecule has 7 rings (SSSR count). The first-order valence-electron chi connectivity index (χ1n) is 20.2. The third-order valence-corrected chi connectivity index (χ3v) is 13.4. The maximum atomic E-state index is 2.80. The molecule has 0 bridgehead atoms. The molecule has 0 spiro atoms. The van der Waals surface area contributed by atoms with Crippen LogP contribution in [0, 0.1) is 23.2 Å². The molecule has 1 fully saturated rings. The summed E-state index contributed by atoms with van der Waals surface area (Å²) in [4.78, 5) is 5.57. The molecule has 5 atom stereocenters. The van der Waals surface area contributed by atoms with E-state index in [1.165, 1.54) is 120 Å². The lowest BCUT2D eigenvalue weighted by Crippen LogP contribution is -2.40. The molecule has 0 aromatic carbocycles. The van der Waals surface area contributed by atoms with Gasteiger partial charge in [-0.25, -0.2) is 0 Å². The van der Waals surface area contributed by atoms with Crippen molar-refractivity contribution in [3.05, 3.63) is 106 Å². The SMILES string of the molecule is CC1=CC[C@@H](N(C2=CC[C@H](C)CC2)C2=CC[C@@H](C3(C4=CC=C(N(C5=CC[C@H](C)C=C5)[C@@H]5CC=C(C)CC5)CC4)CCCCC3)CC2)C=C1. The van der Waals surface area contributed by atoms with Gasteiger partial charge in [0.1, 0.15) is 0 Å². The first-order valence-corrected chi connectivity index (χ1v) is 20.2. The van der Waals surface area contributed by atoms with Crippen LogP contribution >= 0.6 is 0 Å². The molecule has 2 heteroatoms. The molecule has 0 unspecified atom stereocenters. The fourth-order valence-electron chi connectivity index (χ4n) is 10.3. The Morgan fingerprint density at radius 2 is 1.44 bits per heavy atom. The number of hydrogen-bond donors (Lipinski definition) is 0. The van der Waals surface area contributed by atoms with Crippen LogP contribution in [0.15, 0.2) is 106 Å². The smallest absolute Gasteiger partial charge is 0.0553 e. The van der Waals surface area contributed by atoms with Crippen LogP contribution in [0.3, 0.4) is 0 Å². The highest BCUT2D eigenvalue weighted by Gasteiger charge is 2.44. The van der Waals surface area contributed by atoms with Crippen LogP contribution in [0.2, 0.25) is 0 Å². The highest BCUT2D eigenvalue weighted by atomic mass is 15.2. The van der Waals surface area contributed by atoms with E-state index in [1.807, 2.05) is 0 Å². The summed E-state index contributed by atoms with van der Waals surface area (Å²) in [7, 11) is 0. The third kappa shape index (κ3) is 7.25. The molecule has 0 radical (unpaired) electrons. The van der Waals surface area contributed by atoms with Crippen molar-refractivity contribution in [2.24, 2.45) is 23.2 Å². The predicted molar refractivity (Wildman–Crippen MR) is 205 cm³/mol. The summed E-state index contributed by atoms with van der Waals surface area (Å²) in [6.45, 7) is 9.34. The number of hydrogen-bond acceptors (Lipinski definition) is 2. The second kappa shape index (κ2) is 15.0. The first kappa shape index (κ1) is 33.7. The predicted octanol–water partition coefficient (Wildman–Crippen LogP) is 12.8. The monoisotopic (exact) mass is 645 g/mol. The zero-order valence-electron chi connectivity index (χ0n) is 30.9. The number of allylic oxidation sites excluding steroid dienone is 14. The Labute approximate surface area is 293 Å². The van der Waals surface area contributed by atoms with Gasteiger partial charge in [-0.05, 0) is 145 Å².